The van der Waals surface area contributed by atoms with Crippen molar-refractivity contribution in [1.82, 2.24) is 24.6 Å². The Kier molecular flexibility index (Phi) is 8.93. The number of nitrogens with one attached hydrogen (secondary N) is 1. The minimum absolute atomic E-state index is 0.00308. The molecule has 2 aromatic heterocycles. The SMILES string of the molecule is [B]C(C)c1cc2c(cc1-c1cnn(C3CCN(c4ccc5c(c4)CN(C4CCC(=O)NC4=O)C5=O)CC3[B])c1)CCCN2c1cccc2c1cc(C)c(=O)n2C. The Morgan fingerprint density at radius 3 is 2.55 bits per heavy atom. The number of hydrogen-bond donors (Lipinski definition) is 1. The van der Waals surface area contributed by atoms with Crippen molar-refractivity contribution in [3.8, 4) is 11.1 Å². The van der Waals surface area contributed by atoms with Crippen LogP contribution in [-0.2, 0) is 29.6 Å². The lowest BCUT2D eigenvalue weighted by Crippen LogP contribution is -2.52. The molecule has 4 aliphatic heterocycles. The van der Waals surface area contributed by atoms with Crippen LogP contribution >= 0.6 is 0 Å². The van der Waals surface area contributed by atoms with Crippen molar-refractivity contribution in [3.63, 3.8) is 0 Å². The number of anilines is 3. The quantitative estimate of drug-likeness (QED) is 0.188. The maximum atomic E-state index is 13.2. The molecule has 13 heteroatoms. The molecule has 3 aromatic carbocycles. The molecule has 4 atom stereocenters. The zero-order chi connectivity index (χ0) is 39.0. The van der Waals surface area contributed by atoms with Gasteiger partial charge in [-0.05, 0) is 109 Å². The van der Waals surface area contributed by atoms with Crippen molar-refractivity contribution in [2.45, 2.75) is 76.2 Å². The predicted octanol–water partition coefficient (Wildman–Crippen LogP) is 5.19. The minimum Gasteiger partial charge on any atom is -0.372 e. The summed E-state index contributed by atoms with van der Waals surface area (Å²) in [6.07, 6.45) is 7.32. The highest BCUT2D eigenvalue weighted by molar-refractivity contribution is 6.13. The molecule has 4 radical (unpaired) electrons. The van der Waals surface area contributed by atoms with Gasteiger partial charge in [0.25, 0.3) is 11.5 Å². The Labute approximate surface area is 328 Å². The Balaban J connectivity index is 0.944. The normalized spacial score (nSPS) is 21.7. The van der Waals surface area contributed by atoms with Crippen LogP contribution < -0.4 is 20.7 Å². The van der Waals surface area contributed by atoms with E-state index in [-0.39, 0.29) is 41.5 Å². The molecule has 0 saturated carbocycles. The number of amides is 3. The maximum Gasteiger partial charge on any atom is 0.255 e. The smallest absolute Gasteiger partial charge is 0.255 e. The molecule has 0 spiro atoms. The number of hydrogen-bond acceptors (Lipinski definition) is 7. The van der Waals surface area contributed by atoms with Gasteiger partial charge in [0.2, 0.25) is 11.8 Å². The number of rotatable bonds is 6. The van der Waals surface area contributed by atoms with E-state index >= 15 is 0 Å². The largest absolute Gasteiger partial charge is 0.372 e. The topological polar surface area (TPSA) is 113 Å². The number of imide groups is 1. The highest BCUT2D eigenvalue weighted by Crippen LogP contribution is 2.43. The molecule has 5 aromatic rings. The number of aryl methyl sites for hydroxylation is 3. The van der Waals surface area contributed by atoms with Gasteiger partial charge in [-0.1, -0.05) is 18.8 Å². The molecule has 2 saturated heterocycles. The van der Waals surface area contributed by atoms with Crippen molar-refractivity contribution in [3.05, 3.63) is 105 Å². The number of benzene rings is 3. The number of piperidine rings is 2. The van der Waals surface area contributed by atoms with Crippen molar-refractivity contribution >= 4 is 61.4 Å². The van der Waals surface area contributed by atoms with E-state index in [0.29, 0.717) is 25.1 Å². The zero-order valence-corrected chi connectivity index (χ0v) is 32.0. The number of pyridine rings is 1. The molecule has 0 aliphatic carbocycles. The summed E-state index contributed by atoms with van der Waals surface area (Å²) in [7, 11) is 15.4. The van der Waals surface area contributed by atoms with Crippen LogP contribution in [0.15, 0.2) is 71.8 Å². The second-order valence-electron chi connectivity index (χ2n) is 15.9. The molecule has 9 rings (SSSR count). The van der Waals surface area contributed by atoms with E-state index in [0.717, 1.165) is 88.1 Å². The third-order valence-electron chi connectivity index (χ3n) is 12.3. The summed E-state index contributed by atoms with van der Waals surface area (Å²) < 4.78 is 3.75. The lowest BCUT2D eigenvalue weighted by molar-refractivity contribution is -0.136. The van der Waals surface area contributed by atoms with Crippen molar-refractivity contribution in [1.29, 1.82) is 0 Å². The van der Waals surface area contributed by atoms with Crippen LogP contribution in [0.1, 0.15) is 77.1 Å². The fourth-order valence-corrected chi connectivity index (χ4v) is 9.34. The number of aromatic nitrogens is 3. The average Bonchev–Trinajstić information content (AvgIpc) is 3.80. The Morgan fingerprint density at radius 1 is 0.929 bits per heavy atom. The van der Waals surface area contributed by atoms with E-state index in [1.54, 1.807) is 9.47 Å². The molecule has 56 heavy (non-hydrogen) atoms. The average molecular weight is 743 g/mol. The van der Waals surface area contributed by atoms with Crippen molar-refractivity contribution in [2.24, 2.45) is 7.05 Å². The molecule has 280 valence electrons. The molecule has 3 amide bonds. The molecule has 0 bridgehead atoms. The van der Waals surface area contributed by atoms with Crippen molar-refractivity contribution < 1.29 is 14.4 Å². The van der Waals surface area contributed by atoms with Crippen LogP contribution in [0.2, 0.25) is 5.82 Å². The van der Waals surface area contributed by atoms with Crippen LogP contribution in [0, 0.1) is 6.92 Å². The minimum atomic E-state index is -0.641. The van der Waals surface area contributed by atoms with E-state index in [1.807, 2.05) is 68.2 Å². The first-order chi connectivity index (χ1) is 27.0. The highest BCUT2D eigenvalue weighted by atomic mass is 16.2. The lowest BCUT2D eigenvalue weighted by Gasteiger charge is -2.39. The first kappa shape index (κ1) is 36.1. The first-order valence-electron chi connectivity index (χ1n) is 19.6. The fourth-order valence-electron chi connectivity index (χ4n) is 9.34. The Hall–Kier alpha value is -5.58. The fraction of sp³-hybridized carbons (Fsp3) is 0.372. The third kappa shape index (κ3) is 6.03. The van der Waals surface area contributed by atoms with Crippen LogP contribution in [0.3, 0.4) is 0 Å². The van der Waals surface area contributed by atoms with Crippen molar-refractivity contribution in [2.75, 3.05) is 29.4 Å². The molecule has 6 heterocycles. The van der Waals surface area contributed by atoms with Crippen LogP contribution in [-0.4, -0.2) is 78.3 Å². The maximum absolute atomic E-state index is 13.2. The summed E-state index contributed by atoms with van der Waals surface area (Å²) in [4.78, 5) is 56.4. The Morgan fingerprint density at radius 2 is 1.77 bits per heavy atom. The van der Waals surface area contributed by atoms with Gasteiger partial charge in [-0.25, -0.2) is 0 Å². The Bertz CT molecular complexity index is 2510. The molecule has 11 nitrogen and oxygen atoms in total. The molecule has 4 aliphatic rings. The second-order valence-corrected chi connectivity index (χ2v) is 15.9. The standard InChI is InChI=1S/C43H43B2N7O4/c1-24-16-33-35(48(3)42(24)55)7-4-8-36(33)50-14-5-6-26-18-32(31(25(2)44)19-39(26)50)28-20-46-52(22-28)37-13-15-49(23-34(37)45)29-9-10-30-27(17-29)21-51(43(30)56)38-11-12-40(53)47-41(38)54/h4,7-10,16-20,22,25,34,37-38H,5-6,11-15,21,23H2,1-3H3,(H,47,53,54). The van der Waals surface area contributed by atoms with E-state index in [4.69, 9.17) is 20.8 Å². The van der Waals surface area contributed by atoms with Gasteiger partial charge in [0.05, 0.1) is 39.1 Å². The van der Waals surface area contributed by atoms with Crippen LogP contribution in [0.25, 0.3) is 22.0 Å². The second kappa shape index (κ2) is 13.9. The van der Waals surface area contributed by atoms with E-state index in [9.17, 15) is 19.2 Å². The van der Waals surface area contributed by atoms with Gasteiger partial charge >= 0.3 is 0 Å². The summed E-state index contributed by atoms with van der Waals surface area (Å²) in [5.74, 6) is -1.30. The number of carbonyl (C=O) groups excluding carboxylic acids is 3. The van der Waals surface area contributed by atoms with Gasteiger partial charge in [0.1, 0.15) is 6.04 Å². The lowest BCUT2D eigenvalue weighted by atomic mass is 9.76. The number of fused-ring (bicyclic) bond motifs is 3. The first-order valence-corrected chi connectivity index (χ1v) is 19.6. The van der Waals surface area contributed by atoms with E-state index in [2.05, 4.69) is 39.5 Å². The van der Waals surface area contributed by atoms with E-state index in [1.165, 1.54) is 5.56 Å². The number of nitrogens with zero attached hydrogens (tertiary/aromatic N) is 6. The monoisotopic (exact) mass is 743 g/mol. The molecule has 1 N–H and O–H groups in total. The highest BCUT2D eigenvalue weighted by Gasteiger charge is 2.39. The van der Waals surface area contributed by atoms with Gasteiger partial charge in [0.15, 0.2) is 0 Å². The van der Waals surface area contributed by atoms with Gasteiger partial charge in [-0.15, -0.1) is 0 Å². The van der Waals surface area contributed by atoms with Gasteiger partial charge < -0.3 is 19.3 Å². The molecular weight excluding hydrogens is 700 g/mol. The summed E-state index contributed by atoms with van der Waals surface area (Å²) >= 11 is 0. The summed E-state index contributed by atoms with van der Waals surface area (Å²) in [5, 5.41) is 8.28. The van der Waals surface area contributed by atoms with E-state index < -0.39 is 11.9 Å². The molecule has 2 fully saturated rings. The van der Waals surface area contributed by atoms with Gasteiger partial charge in [0, 0.05) is 79.3 Å². The van der Waals surface area contributed by atoms with Gasteiger partial charge in [-0.2, -0.15) is 5.10 Å². The summed E-state index contributed by atoms with van der Waals surface area (Å²) in [5.41, 5.74) is 10.7. The molecular formula is C43H43B2N7O4. The van der Waals surface area contributed by atoms with Gasteiger partial charge in [-0.3, -0.25) is 29.2 Å². The third-order valence-corrected chi connectivity index (χ3v) is 12.3. The molecule has 4 unspecified atom stereocenters. The number of carbonyl (C=O) groups is 3. The zero-order valence-electron chi connectivity index (χ0n) is 32.0. The van der Waals surface area contributed by atoms with Crippen LogP contribution in [0.4, 0.5) is 17.1 Å². The summed E-state index contributed by atoms with van der Waals surface area (Å²) in [6, 6.07) is 17.9. The predicted molar refractivity (Wildman–Crippen MR) is 219 cm³/mol. The summed E-state index contributed by atoms with van der Waals surface area (Å²) in [6.45, 7) is 6.47. The van der Waals surface area contributed by atoms with Crippen LogP contribution in [0.5, 0.6) is 0 Å².